The zero-order valence-electron chi connectivity index (χ0n) is 9.30. The van der Waals surface area contributed by atoms with Crippen molar-refractivity contribution in [3.63, 3.8) is 0 Å². The molecule has 0 aliphatic carbocycles. The van der Waals surface area contributed by atoms with E-state index in [4.69, 9.17) is 0 Å². The van der Waals surface area contributed by atoms with E-state index in [-0.39, 0.29) is 0 Å². The van der Waals surface area contributed by atoms with Crippen LogP contribution in [0.3, 0.4) is 0 Å². The van der Waals surface area contributed by atoms with Gasteiger partial charge < -0.3 is 0 Å². The Morgan fingerprint density at radius 1 is 0.917 bits per heavy atom. The van der Waals surface area contributed by atoms with Crippen LogP contribution in [0.5, 0.6) is 0 Å². The molecule has 12 heavy (non-hydrogen) atoms. The average molecular weight is 229 g/mol. The summed E-state index contributed by atoms with van der Waals surface area (Å²) in [6.45, 7) is 7.16. The van der Waals surface area contributed by atoms with Gasteiger partial charge in [0.2, 0.25) is 0 Å². The van der Waals surface area contributed by atoms with E-state index >= 15 is 0 Å². The molecule has 0 heterocycles. The Morgan fingerprint density at radius 3 is 1.75 bits per heavy atom. The average Bonchev–Trinajstić information content (AvgIpc) is 2.03. The third-order valence-electron chi connectivity index (χ3n) is 2.47. The third kappa shape index (κ3) is 5.25. The molecule has 3 heteroatoms. The number of nitrogens with zero attached hydrogens (tertiary/aromatic N) is 2. The number of rotatable bonds is 6. The monoisotopic (exact) mass is 228 g/mol. The fraction of sp³-hybridized carbons (Fsp3) is 1.00. The first-order chi connectivity index (χ1) is 5.61. The van der Waals surface area contributed by atoms with Gasteiger partial charge in [0.05, 0.1) is 0 Å². The predicted molar refractivity (Wildman–Crippen MR) is 57.9 cm³/mol. The molecule has 0 spiro atoms. The van der Waals surface area contributed by atoms with Gasteiger partial charge in [0, 0.05) is 0 Å². The minimum atomic E-state index is -0.996. The molecule has 0 N–H and O–H groups in total. The Bertz CT molecular complexity index is 103. The van der Waals surface area contributed by atoms with Gasteiger partial charge in [-0.05, 0) is 0 Å². The second kappa shape index (κ2) is 7.01. The molecule has 72 valence electrons. The maximum absolute atomic E-state index is 2.65. The van der Waals surface area contributed by atoms with E-state index in [0.717, 1.165) is 0 Å². The van der Waals surface area contributed by atoms with Crippen molar-refractivity contribution >= 4 is 16.5 Å². The molecule has 0 rings (SSSR count). The second-order valence-electron chi connectivity index (χ2n) is 3.75. The SMILES string of the molecule is C[CH2][Ga]([CH2]C)[N](C)CCN(C)C. The Morgan fingerprint density at radius 2 is 1.42 bits per heavy atom. The summed E-state index contributed by atoms with van der Waals surface area (Å²) in [4.78, 5) is 5.17. The Balaban J connectivity index is 3.61. The molecule has 0 saturated heterocycles. The van der Waals surface area contributed by atoms with Crippen LogP contribution in [-0.4, -0.2) is 59.2 Å². The van der Waals surface area contributed by atoms with Gasteiger partial charge in [-0.25, -0.2) is 0 Å². The predicted octanol–water partition coefficient (Wildman–Crippen LogP) is 1.51. The minimum absolute atomic E-state index is 0.996. The Hall–Kier alpha value is 0.556. The number of hydrogen-bond acceptors (Lipinski definition) is 2. The fourth-order valence-electron chi connectivity index (χ4n) is 1.45. The van der Waals surface area contributed by atoms with E-state index in [2.05, 4.69) is 43.5 Å². The molecule has 0 saturated carbocycles. The van der Waals surface area contributed by atoms with Gasteiger partial charge >= 0.3 is 83.0 Å². The number of likely N-dealkylation sites (N-methyl/N-ethyl adjacent to an activating group) is 2. The molecule has 0 bridgehead atoms. The van der Waals surface area contributed by atoms with Crippen LogP contribution in [0.15, 0.2) is 0 Å². The van der Waals surface area contributed by atoms with Crippen LogP contribution in [0.4, 0.5) is 0 Å². The van der Waals surface area contributed by atoms with Crippen LogP contribution in [0.25, 0.3) is 0 Å². The van der Waals surface area contributed by atoms with Crippen molar-refractivity contribution in [1.82, 2.24) is 8.51 Å². The van der Waals surface area contributed by atoms with Crippen LogP contribution in [0.1, 0.15) is 13.8 Å². The summed E-state index contributed by atoms with van der Waals surface area (Å²) in [6, 6.07) is 0. The normalized spacial score (nSPS) is 11.2. The summed E-state index contributed by atoms with van der Waals surface area (Å²) in [5.74, 6) is 0. The topological polar surface area (TPSA) is 6.48 Å². The third-order valence-corrected chi connectivity index (χ3v) is 9.58. The Labute approximate surface area is 83.2 Å². The Kier molecular flexibility index (Phi) is 7.33. The zero-order chi connectivity index (χ0) is 9.56. The van der Waals surface area contributed by atoms with Crippen LogP contribution >= 0.6 is 0 Å². The van der Waals surface area contributed by atoms with Crippen LogP contribution in [0, 0.1) is 0 Å². The van der Waals surface area contributed by atoms with Gasteiger partial charge in [-0.3, -0.25) is 0 Å². The van der Waals surface area contributed by atoms with E-state index < -0.39 is 16.5 Å². The molecule has 0 aliphatic rings. The maximum atomic E-state index is 2.65. The van der Waals surface area contributed by atoms with Crippen molar-refractivity contribution in [2.45, 2.75) is 23.8 Å². The van der Waals surface area contributed by atoms with Gasteiger partial charge in [-0.15, -0.1) is 0 Å². The zero-order valence-corrected chi connectivity index (χ0v) is 11.7. The molecule has 2 nitrogen and oxygen atoms in total. The van der Waals surface area contributed by atoms with Crippen LogP contribution in [0.2, 0.25) is 9.95 Å². The molecule has 0 aromatic carbocycles. The molecule has 0 radical (unpaired) electrons. The van der Waals surface area contributed by atoms with Crippen molar-refractivity contribution in [3.05, 3.63) is 0 Å². The van der Waals surface area contributed by atoms with E-state index in [1.165, 1.54) is 23.0 Å². The standard InChI is InChI=1S/C5H13N2.2C2H5.Ga/c1-6-4-5-7(2)3;2*1-2;/h4-5H2,1-3H3;2*1H2,2H3;/q-1;;;+1. The molecule has 0 unspecified atom stereocenters. The van der Waals surface area contributed by atoms with Gasteiger partial charge in [0.15, 0.2) is 0 Å². The van der Waals surface area contributed by atoms with Crippen molar-refractivity contribution in [1.29, 1.82) is 0 Å². The van der Waals surface area contributed by atoms with Gasteiger partial charge in [0.25, 0.3) is 0 Å². The van der Waals surface area contributed by atoms with Crippen molar-refractivity contribution in [2.24, 2.45) is 0 Å². The molecule has 0 atom stereocenters. The fourth-order valence-corrected chi connectivity index (χ4v) is 6.29. The molecule has 0 amide bonds. The van der Waals surface area contributed by atoms with E-state index in [1.807, 2.05) is 0 Å². The van der Waals surface area contributed by atoms with Crippen LogP contribution in [-0.2, 0) is 0 Å². The number of hydrogen-bond donors (Lipinski definition) is 0. The van der Waals surface area contributed by atoms with E-state index in [1.54, 1.807) is 0 Å². The second-order valence-corrected chi connectivity index (χ2v) is 11.8. The van der Waals surface area contributed by atoms with Crippen molar-refractivity contribution in [3.8, 4) is 0 Å². The first-order valence-corrected chi connectivity index (χ1v) is 9.47. The summed E-state index contributed by atoms with van der Waals surface area (Å²) in [6.07, 6.45) is 0. The van der Waals surface area contributed by atoms with Crippen LogP contribution < -0.4 is 0 Å². The summed E-state index contributed by atoms with van der Waals surface area (Å²) < 4.78 is 2.65. The summed E-state index contributed by atoms with van der Waals surface area (Å²) in [7, 11) is 6.60. The van der Waals surface area contributed by atoms with Gasteiger partial charge in [-0.2, -0.15) is 0 Å². The van der Waals surface area contributed by atoms with E-state index in [0.29, 0.717) is 0 Å². The molecule has 0 fully saturated rings. The molecule has 0 aliphatic heterocycles. The summed E-state index contributed by atoms with van der Waals surface area (Å²) >= 11 is -0.996. The molecule has 0 aromatic rings. The molecular formula is C9H23GaN2. The molecular weight excluding hydrogens is 206 g/mol. The quantitative estimate of drug-likeness (QED) is 0.637. The van der Waals surface area contributed by atoms with Crippen molar-refractivity contribution < 1.29 is 0 Å². The molecule has 0 aromatic heterocycles. The first-order valence-electron chi connectivity index (χ1n) is 4.96. The summed E-state index contributed by atoms with van der Waals surface area (Å²) in [5.41, 5.74) is 0. The van der Waals surface area contributed by atoms with Gasteiger partial charge in [-0.1, -0.05) is 0 Å². The summed E-state index contributed by atoms with van der Waals surface area (Å²) in [5, 5.41) is 0. The first kappa shape index (κ1) is 12.6. The van der Waals surface area contributed by atoms with E-state index in [9.17, 15) is 0 Å². The van der Waals surface area contributed by atoms with Gasteiger partial charge in [0.1, 0.15) is 0 Å². The van der Waals surface area contributed by atoms with Crippen molar-refractivity contribution in [2.75, 3.05) is 34.2 Å².